The van der Waals surface area contributed by atoms with Gasteiger partial charge in [0.2, 0.25) is 5.91 Å². The van der Waals surface area contributed by atoms with Gasteiger partial charge in [0.05, 0.1) is 26.0 Å². The zero-order chi connectivity index (χ0) is 14.5. The number of hydrogen-bond donors (Lipinski definition) is 1. The topological polar surface area (TPSA) is 46.2 Å². The van der Waals surface area contributed by atoms with Crippen LogP contribution in [0.5, 0.6) is 5.75 Å². The molecular formula is C15H23N2O2S+. The van der Waals surface area contributed by atoms with Crippen LogP contribution in [-0.2, 0) is 4.79 Å². The molecule has 1 heterocycles. The van der Waals surface area contributed by atoms with E-state index in [2.05, 4.69) is 18.4 Å². The van der Waals surface area contributed by atoms with Crippen molar-refractivity contribution in [2.24, 2.45) is 0 Å². The molecule has 110 valence electrons. The average molecular weight is 295 g/mol. The number of nitrogens with two attached hydrogens (primary N) is 1. The van der Waals surface area contributed by atoms with Crippen LogP contribution in [0.2, 0.25) is 0 Å². The van der Waals surface area contributed by atoms with E-state index in [0.717, 1.165) is 30.8 Å². The van der Waals surface area contributed by atoms with Crippen molar-refractivity contribution in [1.82, 2.24) is 4.90 Å². The summed E-state index contributed by atoms with van der Waals surface area (Å²) in [6.45, 7) is 3.84. The largest absolute Gasteiger partial charge is 0.496 e. The smallest absolute Gasteiger partial charge is 0.236 e. The van der Waals surface area contributed by atoms with Crippen LogP contribution < -0.4 is 10.1 Å². The molecule has 2 atom stereocenters. The standard InChI is InChI=1S/C15H22N2O2S/c1-11-14(18)17(10-6-9-16-2)15(20-11)12-7-4-5-8-13(12)19-3/h4-5,7-8,11,15-16H,6,9-10H2,1-3H3/p+1/t11-,15+/m1/s1. The fourth-order valence-electron chi connectivity index (χ4n) is 2.48. The molecule has 0 radical (unpaired) electrons. The molecular weight excluding hydrogens is 272 g/mol. The Morgan fingerprint density at radius 2 is 2.15 bits per heavy atom. The summed E-state index contributed by atoms with van der Waals surface area (Å²) in [6.07, 6.45) is 1.02. The van der Waals surface area contributed by atoms with Crippen LogP contribution in [-0.4, -0.2) is 43.3 Å². The molecule has 0 aromatic heterocycles. The van der Waals surface area contributed by atoms with Gasteiger partial charge in [0.1, 0.15) is 11.1 Å². The van der Waals surface area contributed by atoms with Crippen molar-refractivity contribution in [1.29, 1.82) is 0 Å². The fraction of sp³-hybridized carbons (Fsp3) is 0.533. The average Bonchev–Trinajstić information content (AvgIpc) is 2.75. The number of thioether (sulfide) groups is 1. The Hall–Kier alpha value is -1.20. The van der Waals surface area contributed by atoms with Crippen molar-refractivity contribution in [3.05, 3.63) is 29.8 Å². The highest BCUT2D eigenvalue weighted by molar-refractivity contribution is 8.01. The Kier molecular flexibility index (Phi) is 5.31. The second-order valence-electron chi connectivity index (χ2n) is 4.95. The highest BCUT2D eigenvalue weighted by Gasteiger charge is 2.39. The Morgan fingerprint density at radius 1 is 1.40 bits per heavy atom. The summed E-state index contributed by atoms with van der Waals surface area (Å²) in [6, 6.07) is 7.98. The molecule has 1 amide bonds. The zero-order valence-corrected chi connectivity index (χ0v) is 13.2. The van der Waals surface area contributed by atoms with Crippen molar-refractivity contribution < 1.29 is 14.8 Å². The molecule has 1 aromatic carbocycles. The number of hydrogen-bond acceptors (Lipinski definition) is 3. The second-order valence-corrected chi connectivity index (χ2v) is 6.38. The number of amides is 1. The molecule has 2 N–H and O–H groups in total. The molecule has 1 saturated heterocycles. The van der Waals surface area contributed by atoms with Gasteiger partial charge in [-0.3, -0.25) is 4.79 Å². The van der Waals surface area contributed by atoms with Gasteiger partial charge < -0.3 is 15.0 Å². The number of benzene rings is 1. The molecule has 4 nitrogen and oxygen atoms in total. The van der Waals surface area contributed by atoms with E-state index < -0.39 is 0 Å². The van der Waals surface area contributed by atoms with Gasteiger partial charge in [-0.15, -0.1) is 11.8 Å². The molecule has 2 rings (SSSR count). The van der Waals surface area contributed by atoms with Gasteiger partial charge in [-0.25, -0.2) is 0 Å². The van der Waals surface area contributed by atoms with Gasteiger partial charge in [-0.05, 0) is 13.0 Å². The second kappa shape index (κ2) is 6.99. The molecule has 1 aromatic rings. The van der Waals surface area contributed by atoms with Gasteiger partial charge in [0, 0.05) is 18.5 Å². The van der Waals surface area contributed by atoms with Gasteiger partial charge in [-0.2, -0.15) is 0 Å². The fourth-order valence-corrected chi connectivity index (χ4v) is 3.82. The normalized spacial score (nSPS) is 22.4. The van der Waals surface area contributed by atoms with E-state index in [1.807, 2.05) is 30.0 Å². The number of rotatable bonds is 6. The maximum Gasteiger partial charge on any atom is 0.236 e. The highest BCUT2D eigenvalue weighted by Crippen LogP contribution is 2.45. The van der Waals surface area contributed by atoms with Crippen LogP contribution >= 0.6 is 11.8 Å². The van der Waals surface area contributed by atoms with Crippen molar-refractivity contribution in [3.63, 3.8) is 0 Å². The van der Waals surface area contributed by atoms with Crippen LogP contribution in [0.3, 0.4) is 0 Å². The van der Waals surface area contributed by atoms with Crippen LogP contribution in [0.15, 0.2) is 24.3 Å². The first kappa shape index (κ1) is 15.2. The summed E-state index contributed by atoms with van der Waals surface area (Å²) >= 11 is 1.71. The molecule has 1 aliphatic heterocycles. The summed E-state index contributed by atoms with van der Waals surface area (Å²) in [5.41, 5.74) is 1.10. The lowest BCUT2D eigenvalue weighted by molar-refractivity contribution is -0.627. The van der Waals surface area contributed by atoms with Gasteiger partial charge in [0.15, 0.2) is 0 Å². The predicted octanol–water partition coefficient (Wildman–Crippen LogP) is 1.24. The van der Waals surface area contributed by atoms with Crippen molar-refractivity contribution in [3.8, 4) is 5.75 Å². The molecule has 1 fully saturated rings. The molecule has 0 unspecified atom stereocenters. The summed E-state index contributed by atoms with van der Waals surface area (Å²) < 4.78 is 5.44. The number of methoxy groups -OCH3 is 1. The lowest BCUT2D eigenvalue weighted by Gasteiger charge is -2.25. The number of carbonyl (C=O) groups excluding carboxylic acids is 1. The van der Waals surface area contributed by atoms with E-state index in [1.54, 1.807) is 18.9 Å². The van der Waals surface area contributed by atoms with E-state index in [-0.39, 0.29) is 16.5 Å². The predicted molar refractivity (Wildman–Crippen MR) is 81.8 cm³/mol. The van der Waals surface area contributed by atoms with E-state index in [0.29, 0.717) is 0 Å². The first-order valence-corrected chi connectivity index (χ1v) is 8.00. The summed E-state index contributed by atoms with van der Waals surface area (Å²) in [5, 5.41) is 2.25. The summed E-state index contributed by atoms with van der Waals surface area (Å²) in [4.78, 5) is 14.3. The van der Waals surface area contributed by atoms with E-state index in [4.69, 9.17) is 4.74 Å². The Bertz CT molecular complexity index is 467. The van der Waals surface area contributed by atoms with Crippen LogP contribution in [0.25, 0.3) is 0 Å². The molecule has 1 aliphatic rings. The lowest BCUT2D eigenvalue weighted by atomic mass is 10.1. The SMILES string of the molecule is C[NH2+]CCCN1C(=O)[C@@H](C)S[C@H]1c1ccccc1OC. The number of carbonyl (C=O) groups is 1. The Balaban J connectivity index is 2.21. The lowest BCUT2D eigenvalue weighted by Crippen LogP contribution is -2.79. The van der Waals surface area contributed by atoms with Gasteiger partial charge in [0.25, 0.3) is 0 Å². The number of ether oxygens (including phenoxy) is 1. The molecule has 0 spiro atoms. The Labute approximate surface area is 124 Å². The van der Waals surface area contributed by atoms with E-state index in [9.17, 15) is 4.79 Å². The minimum absolute atomic E-state index is 0.0236. The highest BCUT2D eigenvalue weighted by atomic mass is 32.2. The van der Waals surface area contributed by atoms with Crippen LogP contribution in [0.4, 0.5) is 0 Å². The number of para-hydroxylation sites is 1. The zero-order valence-electron chi connectivity index (χ0n) is 12.3. The molecule has 20 heavy (non-hydrogen) atoms. The monoisotopic (exact) mass is 295 g/mol. The van der Waals surface area contributed by atoms with Gasteiger partial charge >= 0.3 is 0 Å². The maximum absolute atomic E-state index is 12.3. The summed E-state index contributed by atoms with van der Waals surface area (Å²) in [5.74, 6) is 1.10. The molecule has 0 saturated carbocycles. The van der Waals surface area contributed by atoms with Crippen molar-refractivity contribution in [2.45, 2.75) is 24.0 Å². The third kappa shape index (κ3) is 3.10. The van der Waals surface area contributed by atoms with Crippen molar-refractivity contribution in [2.75, 3.05) is 27.2 Å². The van der Waals surface area contributed by atoms with Gasteiger partial charge in [-0.1, -0.05) is 18.2 Å². The third-order valence-corrected chi connectivity index (χ3v) is 4.92. The van der Waals surface area contributed by atoms with Crippen molar-refractivity contribution >= 4 is 17.7 Å². The number of nitrogens with zero attached hydrogens (tertiary/aromatic N) is 1. The molecule has 5 heteroatoms. The van der Waals surface area contributed by atoms with E-state index in [1.165, 1.54) is 0 Å². The quantitative estimate of drug-likeness (QED) is 0.803. The first-order valence-electron chi connectivity index (χ1n) is 7.05. The molecule has 0 bridgehead atoms. The maximum atomic E-state index is 12.3. The number of quaternary nitrogens is 1. The van der Waals surface area contributed by atoms with E-state index >= 15 is 0 Å². The summed E-state index contributed by atoms with van der Waals surface area (Å²) in [7, 11) is 3.74. The van der Waals surface area contributed by atoms with Crippen LogP contribution in [0, 0.1) is 0 Å². The van der Waals surface area contributed by atoms with Crippen LogP contribution in [0.1, 0.15) is 24.3 Å². The minimum Gasteiger partial charge on any atom is -0.496 e. The molecule has 0 aliphatic carbocycles. The Morgan fingerprint density at radius 3 is 2.85 bits per heavy atom. The first-order chi connectivity index (χ1) is 9.69. The third-order valence-electron chi connectivity index (χ3n) is 3.54. The minimum atomic E-state index is 0.0236.